The highest BCUT2D eigenvalue weighted by Crippen LogP contribution is 1.89. The zero-order chi connectivity index (χ0) is 7.82. The predicted octanol–water partition coefficient (Wildman–Crippen LogP) is -0.351. The van der Waals surface area contributed by atoms with Crippen LogP contribution in [0.3, 0.4) is 0 Å². The number of ether oxygens (including phenoxy) is 1. The van der Waals surface area contributed by atoms with Crippen molar-refractivity contribution >= 4 is 0 Å². The molecule has 0 aromatic rings. The largest absolute Gasteiger partial charge is 0.378 e. The number of halogens is 1. The molecule has 0 saturated carbocycles. The molecule has 62 valence electrons. The van der Waals surface area contributed by atoms with E-state index in [1.54, 1.807) is 0 Å². The van der Waals surface area contributed by atoms with Crippen LogP contribution in [0.25, 0.3) is 0 Å². The van der Waals surface area contributed by atoms with Gasteiger partial charge in [-0.1, -0.05) is 0 Å². The van der Waals surface area contributed by atoms with Crippen molar-refractivity contribution in [3.05, 3.63) is 0 Å². The molecule has 0 aliphatic rings. The number of alkyl halides is 1. The molecule has 0 aliphatic heterocycles. The standard InChI is InChI=1S/C6H15FN2O/c7-6(4-9)5-10-3-1-2-8/h6H,1-5,8-9H2. The van der Waals surface area contributed by atoms with Crippen molar-refractivity contribution in [3.63, 3.8) is 0 Å². The normalized spacial score (nSPS) is 13.5. The van der Waals surface area contributed by atoms with Crippen LogP contribution in [-0.4, -0.2) is 32.5 Å². The van der Waals surface area contributed by atoms with Crippen LogP contribution < -0.4 is 11.5 Å². The Kier molecular flexibility index (Phi) is 6.79. The van der Waals surface area contributed by atoms with E-state index in [4.69, 9.17) is 16.2 Å². The van der Waals surface area contributed by atoms with Gasteiger partial charge in [-0.2, -0.15) is 0 Å². The zero-order valence-electron chi connectivity index (χ0n) is 6.05. The third kappa shape index (κ3) is 5.94. The minimum Gasteiger partial charge on any atom is -0.378 e. The summed E-state index contributed by atoms with van der Waals surface area (Å²) >= 11 is 0. The molecule has 0 amide bonds. The summed E-state index contributed by atoms with van der Waals surface area (Å²) in [6.07, 6.45) is -0.255. The second-order valence-electron chi connectivity index (χ2n) is 2.05. The molecule has 0 fully saturated rings. The van der Waals surface area contributed by atoms with Gasteiger partial charge in [-0.15, -0.1) is 0 Å². The smallest absolute Gasteiger partial charge is 0.135 e. The van der Waals surface area contributed by atoms with Gasteiger partial charge in [-0.3, -0.25) is 0 Å². The van der Waals surface area contributed by atoms with Gasteiger partial charge in [0.05, 0.1) is 6.61 Å². The molecule has 3 nitrogen and oxygen atoms in total. The molecule has 0 aliphatic carbocycles. The third-order valence-corrected chi connectivity index (χ3v) is 1.05. The lowest BCUT2D eigenvalue weighted by molar-refractivity contribution is 0.0832. The minimum absolute atomic E-state index is 0.0304. The fourth-order valence-electron chi connectivity index (χ4n) is 0.465. The summed E-state index contributed by atoms with van der Waals surface area (Å²) in [5.41, 5.74) is 10.2. The molecular weight excluding hydrogens is 135 g/mol. The lowest BCUT2D eigenvalue weighted by Crippen LogP contribution is -2.21. The summed E-state index contributed by atoms with van der Waals surface area (Å²) in [5.74, 6) is 0. The molecule has 4 heteroatoms. The van der Waals surface area contributed by atoms with E-state index in [0.717, 1.165) is 6.42 Å². The van der Waals surface area contributed by atoms with E-state index >= 15 is 0 Å². The van der Waals surface area contributed by atoms with Gasteiger partial charge in [0.15, 0.2) is 0 Å². The van der Waals surface area contributed by atoms with Gasteiger partial charge in [-0.25, -0.2) is 4.39 Å². The maximum absolute atomic E-state index is 12.3. The van der Waals surface area contributed by atoms with Crippen LogP contribution in [-0.2, 0) is 4.74 Å². The maximum Gasteiger partial charge on any atom is 0.135 e. The minimum atomic E-state index is -1.03. The first kappa shape index (κ1) is 9.81. The molecule has 0 spiro atoms. The molecule has 1 unspecified atom stereocenters. The number of nitrogens with two attached hydrogens (primary N) is 2. The maximum atomic E-state index is 12.3. The van der Waals surface area contributed by atoms with Crippen LogP contribution in [0.15, 0.2) is 0 Å². The molecule has 0 bridgehead atoms. The van der Waals surface area contributed by atoms with E-state index in [2.05, 4.69) is 0 Å². The molecule has 10 heavy (non-hydrogen) atoms. The summed E-state index contributed by atoms with van der Waals surface area (Å²) < 4.78 is 17.2. The Morgan fingerprint density at radius 1 is 1.40 bits per heavy atom. The first-order chi connectivity index (χ1) is 4.81. The van der Waals surface area contributed by atoms with Gasteiger partial charge < -0.3 is 16.2 Å². The molecule has 0 aromatic heterocycles. The predicted molar refractivity (Wildman–Crippen MR) is 38.4 cm³/mol. The Bertz CT molecular complexity index is 72.8. The summed E-state index contributed by atoms with van der Waals surface area (Å²) in [6, 6.07) is 0. The zero-order valence-corrected chi connectivity index (χ0v) is 6.05. The van der Waals surface area contributed by atoms with Gasteiger partial charge in [-0.05, 0) is 13.0 Å². The second kappa shape index (κ2) is 6.92. The Hall–Kier alpha value is -0.190. The highest BCUT2D eigenvalue weighted by molar-refractivity contribution is 4.52. The van der Waals surface area contributed by atoms with Crippen molar-refractivity contribution in [2.75, 3.05) is 26.3 Å². The van der Waals surface area contributed by atoms with E-state index < -0.39 is 6.17 Å². The van der Waals surface area contributed by atoms with Gasteiger partial charge in [0.1, 0.15) is 6.17 Å². The lowest BCUT2D eigenvalue weighted by Gasteiger charge is -2.05. The summed E-state index contributed by atoms with van der Waals surface area (Å²) in [4.78, 5) is 0. The first-order valence-corrected chi connectivity index (χ1v) is 3.43. The summed E-state index contributed by atoms with van der Waals surface area (Å²) in [5, 5.41) is 0. The van der Waals surface area contributed by atoms with Crippen LogP contribution in [0.2, 0.25) is 0 Å². The van der Waals surface area contributed by atoms with E-state index in [0.29, 0.717) is 13.2 Å². The summed E-state index contributed by atoms with van der Waals surface area (Å²) in [6.45, 7) is 1.23. The Labute approximate surface area is 60.5 Å². The molecule has 0 heterocycles. The molecule has 0 aromatic carbocycles. The van der Waals surface area contributed by atoms with Crippen LogP contribution >= 0.6 is 0 Å². The van der Waals surface area contributed by atoms with Crippen LogP contribution in [0.1, 0.15) is 6.42 Å². The molecule has 0 radical (unpaired) electrons. The van der Waals surface area contributed by atoms with E-state index in [9.17, 15) is 4.39 Å². The molecular formula is C6H15FN2O. The first-order valence-electron chi connectivity index (χ1n) is 3.43. The number of hydrogen-bond acceptors (Lipinski definition) is 3. The van der Waals surface area contributed by atoms with Crippen molar-refractivity contribution < 1.29 is 9.13 Å². The van der Waals surface area contributed by atoms with Crippen LogP contribution in [0, 0.1) is 0 Å². The second-order valence-corrected chi connectivity index (χ2v) is 2.05. The topological polar surface area (TPSA) is 61.3 Å². The highest BCUT2D eigenvalue weighted by atomic mass is 19.1. The van der Waals surface area contributed by atoms with Gasteiger partial charge in [0.25, 0.3) is 0 Å². The molecule has 0 saturated heterocycles. The fourth-order valence-corrected chi connectivity index (χ4v) is 0.465. The Balaban J connectivity index is 2.89. The molecule has 1 atom stereocenters. The van der Waals surface area contributed by atoms with Crippen molar-refractivity contribution in [1.29, 1.82) is 0 Å². The Morgan fingerprint density at radius 2 is 2.10 bits per heavy atom. The van der Waals surface area contributed by atoms with Crippen molar-refractivity contribution in [3.8, 4) is 0 Å². The van der Waals surface area contributed by atoms with Gasteiger partial charge in [0, 0.05) is 13.2 Å². The molecule has 4 N–H and O–H groups in total. The van der Waals surface area contributed by atoms with Crippen molar-refractivity contribution in [1.82, 2.24) is 0 Å². The van der Waals surface area contributed by atoms with Crippen molar-refractivity contribution in [2.45, 2.75) is 12.6 Å². The van der Waals surface area contributed by atoms with E-state index in [-0.39, 0.29) is 13.2 Å². The lowest BCUT2D eigenvalue weighted by atomic mass is 10.4. The average Bonchev–Trinajstić information content (AvgIpc) is 1.98. The van der Waals surface area contributed by atoms with Crippen LogP contribution in [0.4, 0.5) is 4.39 Å². The SMILES string of the molecule is NCCCOCC(F)CN. The Morgan fingerprint density at radius 3 is 2.60 bits per heavy atom. The van der Waals surface area contributed by atoms with Crippen molar-refractivity contribution in [2.24, 2.45) is 11.5 Å². The number of rotatable bonds is 6. The molecule has 0 rings (SSSR count). The quantitative estimate of drug-likeness (QED) is 0.509. The summed E-state index contributed by atoms with van der Waals surface area (Å²) in [7, 11) is 0. The van der Waals surface area contributed by atoms with Gasteiger partial charge >= 0.3 is 0 Å². The fraction of sp³-hybridized carbons (Fsp3) is 1.00. The van der Waals surface area contributed by atoms with Gasteiger partial charge in [0.2, 0.25) is 0 Å². The third-order valence-electron chi connectivity index (χ3n) is 1.05. The average molecular weight is 150 g/mol. The van der Waals surface area contributed by atoms with E-state index in [1.165, 1.54) is 0 Å². The van der Waals surface area contributed by atoms with Crippen LogP contribution in [0.5, 0.6) is 0 Å². The number of hydrogen-bond donors (Lipinski definition) is 2. The van der Waals surface area contributed by atoms with E-state index in [1.807, 2.05) is 0 Å². The monoisotopic (exact) mass is 150 g/mol. The highest BCUT2D eigenvalue weighted by Gasteiger charge is 2.01.